The number of imidazole rings is 1. The van der Waals surface area contributed by atoms with Crippen LogP contribution in [-0.4, -0.2) is 23.0 Å². The quantitative estimate of drug-likeness (QED) is 0.487. The molecule has 0 atom stereocenters. The smallest absolute Gasteiger partial charge is 0.255 e. The van der Waals surface area contributed by atoms with Crippen molar-refractivity contribution in [3.8, 4) is 28.4 Å². The van der Waals surface area contributed by atoms with Crippen molar-refractivity contribution in [3.63, 3.8) is 0 Å². The summed E-state index contributed by atoms with van der Waals surface area (Å²) in [5, 5.41) is 2.91. The molecule has 0 fully saturated rings. The number of aromatic amines is 1. The number of ether oxygens (including phenoxy) is 1. The molecular weight excluding hydrogens is 381 g/mol. The molecule has 0 radical (unpaired) electrons. The van der Waals surface area contributed by atoms with Crippen LogP contribution in [0.5, 0.6) is 5.75 Å². The molecular formula is C24H20FN3O2. The molecule has 1 amide bonds. The summed E-state index contributed by atoms with van der Waals surface area (Å²) in [6.45, 7) is 0.399. The number of carbonyl (C=O) groups is 1. The van der Waals surface area contributed by atoms with Crippen LogP contribution < -0.4 is 10.1 Å². The lowest BCUT2D eigenvalue weighted by Crippen LogP contribution is -2.23. The molecule has 6 heteroatoms. The van der Waals surface area contributed by atoms with Gasteiger partial charge in [-0.15, -0.1) is 0 Å². The zero-order valence-electron chi connectivity index (χ0n) is 16.4. The SMILES string of the molecule is COc1ccccc1C(=O)NCc1ccc(-c2ncc(-c3ccc(F)cc3)[nH]2)cc1. The number of rotatable bonds is 6. The van der Waals surface area contributed by atoms with Gasteiger partial charge in [0.1, 0.15) is 17.4 Å². The van der Waals surface area contributed by atoms with Crippen LogP contribution in [0.4, 0.5) is 4.39 Å². The Morgan fingerprint density at radius 2 is 1.70 bits per heavy atom. The summed E-state index contributed by atoms with van der Waals surface area (Å²) in [5.74, 6) is 0.803. The normalized spacial score (nSPS) is 10.6. The Kier molecular flexibility index (Phi) is 5.57. The lowest BCUT2D eigenvalue weighted by atomic mass is 10.1. The fourth-order valence-electron chi connectivity index (χ4n) is 3.13. The maximum absolute atomic E-state index is 13.1. The zero-order valence-corrected chi connectivity index (χ0v) is 16.4. The van der Waals surface area contributed by atoms with E-state index in [4.69, 9.17) is 4.74 Å². The van der Waals surface area contributed by atoms with E-state index in [1.165, 1.54) is 12.1 Å². The van der Waals surface area contributed by atoms with Crippen molar-refractivity contribution in [2.45, 2.75) is 6.54 Å². The van der Waals surface area contributed by atoms with Crippen LogP contribution >= 0.6 is 0 Å². The van der Waals surface area contributed by atoms with Gasteiger partial charge in [-0.2, -0.15) is 0 Å². The van der Waals surface area contributed by atoms with E-state index in [2.05, 4.69) is 15.3 Å². The van der Waals surface area contributed by atoms with E-state index in [1.54, 1.807) is 43.6 Å². The Balaban J connectivity index is 1.42. The Bertz CT molecular complexity index is 1150. The van der Waals surface area contributed by atoms with Crippen LogP contribution in [0, 0.1) is 5.82 Å². The first-order valence-corrected chi connectivity index (χ1v) is 9.45. The fourth-order valence-corrected chi connectivity index (χ4v) is 3.13. The van der Waals surface area contributed by atoms with Gasteiger partial charge in [0.05, 0.1) is 24.6 Å². The van der Waals surface area contributed by atoms with Crippen LogP contribution in [0.1, 0.15) is 15.9 Å². The molecule has 5 nitrogen and oxygen atoms in total. The molecule has 4 aromatic rings. The average Bonchev–Trinajstić information content (AvgIpc) is 3.28. The number of hydrogen-bond donors (Lipinski definition) is 2. The van der Waals surface area contributed by atoms with Crippen molar-refractivity contribution in [1.82, 2.24) is 15.3 Å². The molecule has 30 heavy (non-hydrogen) atoms. The third kappa shape index (κ3) is 4.22. The molecule has 4 rings (SSSR count). The first kappa shape index (κ1) is 19.4. The molecule has 0 aliphatic carbocycles. The summed E-state index contributed by atoms with van der Waals surface area (Å²) in [6.07, 6.45) is 1.73. The minimum absolute atomic E-state index is 0.188. The predicted octanol–water partition coefficient (Wildman–Crippen LogP) is 4.82. The molecule has 1 heterocycles. The molecule has 3 aromatic carbocycles. The van der Waals surface area contributed by atoms with E-state index < -0.39 is 0 Å². The van der Waals surface area contributed by atoms with E-state index in [0.717, 1.165) is 28.2 Å². The third-order valence-electron chi connectivity index (χ3n) is 4.76. The van der Waals surface area contributed by atoms with Crippen LogP contribution in [0.15, 0.2) is 79.0 Å². The second-order valence-electron chi connectivity index (χ2n) is 6.73. The monoisotopic (exact) mass is 401 g/mol. The number of H-pyrrole nitrogens is 1. The largest absolute Gasteiger partial charge is 0.496 e. The molecule has 0 unspecified atom stereocenters. The van der Waals surface area contributed by atoms with Gasteiger partial charge < -0.3 is 15.0 Å². The number of nitrogens with zero attached hydrogens (tertiary/aromatic N) is 1. The predicted molar refractivity (Wildman–Crippen MR) is 114 cm³/mol. The van der Waals surface area contributed by atoms with Gasteiger partial charge >= 0.3 is 0 Å². The molecule has 0 aliphatic heterocycles. The second-order valence-corrected chi connectivity index (χ2v) is 6.73. The Hall–Kier alpha value is -3.93. The highest BCUT2D eigenvalue weighted by Crippen LogP contribution is 2.23. The van der Waals surface area contributed by atoms with Crippen LogP contribution in [-0.2, 0) is 6.54 Å². The Labute approximate surface area is 173 Å². The molecule has 0 saturated heterocycles. The van der Waals surface area contributed by atoms with Gasteiger partial charge in [-0.1, -0.05) is 36.4 Å². The van der Waals surface area contributed by atoms with Gasteiger partial charge in [-0.3, -0.25) is 4.79 Å². The standard InChI is InChI=1S/C24H20FN3O2/c1-30-22-5-3-2-4-20(22)24(29)27-14-16-6-8-18(9-7-16)23-26-15-21(28-23)17-10-12-19(25)13-11-17/h2-13,15H,14H2,1H3,(H,26,28)(H,27,29). The number of benzene rings is 3. The molecule has 2 N–H and O–H groups in total. The minimum atomic E-state index is -0.271. The number of methoxy groups -OCH3 is 1. The second kappa shape index (κ2) is 8.61. The van der Waals surface area contributed by atoms with Crippen molar-refractivity contribution >= 4 is 5.91 Å². The summed E-state index contributed by atoms with van der Waals surface area (Å²) in [5.41, 5.74) is 4.07. The average molecular weight is 401 g/mol. The van der Waals surface area contributed by atoms with E-state index in [-0.39, 0.29) is 11.7 Å². The number of para-hydroxylation sites is 1. The van der Waals surface area contributed by atoms with Gasteiger partial charge in [-0.05, 0) is 47.5 Å². The number of halogens is 1. The topological polar surface area (TPSA) is 67.0 Å². The third-order valence-corrected chi connectivity index (χ3v) is 4.76. The molecule has 0 aliphatic rings. The summed E-state index contributed by atoms with van der Waals surface area (Å²) in [6, 6.07) is 21.1. The Morgan fingerprint density at radius 3 is 2.43 bits per heavy atom. The minimum Gasteiger partial charge on any atom is -0.496 e. The van der Waals surface area contributed by atoms with E-state index in [1.807, 2.05) is 30.3 Å². The van der Waals surface area contributed by atoms with E-state index in [0.29, 0.717) is 17.9 Å². The van der Waals surface area contributed by atoms with Crippen molar-refractivity contribution in [2.75, 3.05) is 7.11 Å². The van der Waals surface area contributed by atoms with Crippen molar-refractivity contribution in [3.05, 3.63) is 95.9 Å². The van der Waals surface area contributed by atoms with Crippen LogP contribution in [0.3, 0.4) is 0 Å². The maximum Gasteiger partial charge on any atom is 0.255 e. The summed E-state index contributed by atoms with van der Waals surface area (Å²) < 4.78 is 18.3. The van der Waals surface area contributed by atoms with E-state index >= 15 is 0 Å². The van der Waals surface area contributed by atoms with Crippen LogP contribution in [0.2, 0.25) is 0 Å². The lowest BCUT2D eigenvalue weighted by Gasteiger charge is -2.09. The molecule has 150 valence electrons. The van der Waals surface area contributed by atoms with Gasteiger partial charge in [-0.25, -0.2) is 9.37 Å². The van der Waals surface area contributed by atoms with Gasteiger partial charge in [0.2, 0.25) is 0 Å². The number of nitrogens with one attached hydrogen (secondary N) is 2. The molecule has 0 bridgehead atoms. The highest BCUT2D eigenvalue weighted by atomic mass is 19.1. The lowest BCUT2D eigenvalue weighted by molar-refractivity contribution is 0.0948. The van der Waals surface area contributed by atoms with Crippen molar-refractivity contribution in [2.24, 2.45) is 0 Å². The summed E-state index contributed by atoms with van der Waals surface area (Å²) >= 11 is 0. The summed E-state index contributed by atoms with van der Waals surface area (Å²) in [4.78, 5) is 20.1. The molecule has 1 aromatic heterocycles. The number of amides is 1. The van der Waals surface area contributed by atoms with Crippen molar-refractivity contribution < 1.29 is 13.9 Å². The molecule has 0 spiro atoms. The highest BCUT2D eigenvalue weighted by molar-refractivity contribution is 5.96. The Morgan fingerprint density at radius 1 is 1.00 bits per heavy atom. The zero-order chi connectivity index (χ0) is 20.9. The first-order valence-electron chi connectivity index (χ1n) is 9.45. The van der Waals surface area contributed by atoms with Crippen LogP contribution in [0.25, 0.3) is 22.6 Å². The first-order chi connectivity index (χ1) is 14.6. The fraction of sp³-hybridized carbons (Fsp3) is 0.0833. The molecule has 0 saturated carbocycles. The number of hydrogen-bond acceptors (Lipinski definition) is 3. The van der Waals surface area contributed by atoms with Gasteiger partial charge in [0, 0.05) is 12.1 Å². The van der Waals surface area contributed by atoms with Gasteiger partial charge in [0.15, 0.2) is 0 Å². The summed E-state index contributed by atoms with van der Waals surface area (Å²) in [7, 11) is 1.54. The van der Waals surface area contributed by atoms with Gasteiger partial charge in [0.25, 0.3) is 5.91 Å². The van der Waals surface area contributed by atoms with Crippen molar-refractivity contribution in [1.29, 1.82) is 0 Å². The number of aromatic nitrogens is 2. The maximum atomic E-state index is 13.1. The number of carbonyl (C=O) groups excluding carboxylic acids is 1. The highest BCUT2D eigenvalue weighted by Gasteiger charge is 2.11. The van der Waals surface area contributed by atoms with E-state index in [9.17, 15) is 9.18 Å².